The summed E-state index contributed by atoms with van der Waals surface area (Å²) in [4.78, 5) is 12.3. The van der Waals surface area contributed by atoms with E-state index < -0.39 is 5.97 Å². The van der Waals surface area contributed by atoms with Gasteiger partial charge in [0.15, 0.2) is 0 Å². The maximum atomic E-state index is 11.1. The van der Waals surface area contributed by atoms with Gasteiger partial charge in [0, 0.05) is 15.9 Å². The molecule has 4 heteroatoms. The highest BCUT2D eigenvalue weighted by Gasteiger charge is 2.48. The number of ether oxygens (including phenoxy) is 1. The van der Waals surface area contributed by atoms with E-state index in [1.54, 1.807) is 18.9 Å². The topological polar surface area (TPSA) is 46.5 Å². The molecule has 0 spiro atoms. The van der Waals surface area contributed by atoms with Gasteiger partial charge < -0.3 is 9.84 Å². The summed E-state index contributed by atoms with van der Waals surface area (Å²) >= 11 is 1.71. The molecule has 0 unspecified atom stereocenters. The Balaban J connectivity index is 2.47. The number of carboxylic acids is 1. The lowest BCUT2D eigenvalue weighted by molar-refractivity contribution is -0.137. The number of hydrogen-bond acceptors (Lipinski definition) is 3. The molecular formula is C15H20O3S. The largest absolute Gasteiger partial charge is 0.496 e. The molecule has 1 aromatic rings. The number of benzene rings is 1. The third-order valence-corrected chi connectivity index (χ3v) is 4.72. The minimum absolute atomic E-state index is 0.197. The van der Waals surface area contributed by atoms with E-state index in [0.717, 1.165) is 30.6 Å². The Kier molecular flexibility index (Phi) is 4.09. The van der Waals surface area contributed by atoms with Crippen LogP contribution in [0.1, 0.15) is 37.3 Å². The van der Waals surface area contributed by atoms with Crippen molar-refractivity contribution in [1.82, 2.24) is 0 Å². The smallest absolute Gasteiger partial charge is 0.304 e. The second-order valence-corrected chi connectivity index (χ2v) is 5.92. The molecule has 0 aromatic heterocycles. The Bertz CT molecular complexity index is 492. The molecule has 0 aliphatic heterocycles. The molecule has 0 amide bonds. The first-order chi connectivity index (χ1) is 9.06. The number of rotatable bonds is 6. The van der Waals surface area contributed by atoms with Crippen molar-refractivity contribution in [3.8, 4) is 5.75 Å². The first kappa shape index (κ1) is 14.3. The molecular weight excluding hydrogens is 260 g/mol. The van der Waals surface area contributed by atoms with Gasteiger partial charge in [-0.05, 0) is 43.2 Å². The minimum atomic E-state index is -0.732. The van der Waals surface area contributed by atoms with E-state index in [1.165, 1.54) is 10.5 Å². The lowest BCUT2D eigenvalue weighted by Gasteiger charge is -2.20. The van der Waals surface area contributed by atoms with Crippen LogP contribution in [0.2, 0.25) is 0 Å². The molecule has 1 aliphatic carbocycles. The van der Waals surface area contributed by atoms with Crippen LogP contribution in [-0.2, 0) is 16.6 Å². The summed E-state index contributed by atoms with van der Waals surface area (Å²) in [7, 11) is 1.66. The Morgan fingerprint density at radius 2 is 2.16 bits per heavy atom. The molecule has 0 heterocycles. The van der Waals surface area contributed by atoms with Crippen LogP contribution in [0.5, 0.6) is 5.75 Å². The van der Waals surface area contributed by atoms with E-state index in [2.05, 4.69) is 25.3 Å². The number of hydrogen-bond donors (Lipinski definition) is 1. The molecule has 0 saturated heterocycles. The van der Waals surface area contributed by atoms with Gasteiger partial charge in [-0.1, -0.05) is 6.92 Å². The molecule has 2 rings (SSSR count). The number of carboxylic acid groups (broad SMARTS) is 1. The van der Waals surface area contributed by atoms with Crippen LogP contribution >= 0.6 is 11.8 Å². The van der Waals surface area contributed by atoms with Gasteiger partial charge in [-0.3, -0.25) is 4.79 Å². The van der Waals surface area contributed by atoms with Crippen LogP contribution in [0.25, 0.3) is 0 Å². The molecule has 1 N–H and O–H groups in total. The standard InChI is InChI=1S/C15H20O3S/c1-4-10-7-12(18-2)11(8-13(10)19-3)15(5-6-15)9-14(16)17/h7-8H,4-6,9H2,1-3H3,(H,16,17). The predicted octanol–water partition coefficient (Wildman–Crippen LogP) is 3.49. The van der Waals surface area contributed by atoms with Crippen LogP contribution in [0.4, 0.5) is 0 Å². The second kappa shape index (κ2) is 5.45. The Morgan fingerprint density at radius 1 is 1.47 bits per heavy atom. The van der Waals surface area contributed by atoms with Gasteiger partial charge >= 0.3 is 5.97 Å². The fraction of sp³-hybridized carbons (Fsp3) is 0.533. The van der Waals surface area contributed by atoms with E-state index in [4.69, 9.17) is 9.84 Å². The molecule has 0 radical (unpaired) electrons. The summed E-state index contributed by atoms with van der Waals surface area (Å²) in [6, 6.07) is 4.21. The van der Waals surface area contributed by atoms with Gasteiger partial charge in [0.25, 0.3) is 0 Å². The molecule has 1 aliphatic rings. The zero-order chi connectivity index (χ0) is 14.0. The third-order valence-electron chi connectivity index (χ3n) is 3.90. The van der Waals surface area contributed by atoms with E-state index in [0.29, 0.717) is 0 Å². The van der Waals surface area contributed by atoms with E-state index >= 15 is 0 Å². The quantitative estimate of drug-likeness (QED) is 0.810. The average molecular weight is 280 g/mol. The highest BCUT2D eigenvalue weighted by molar-refractivity contribution is 7.98. The predicted molar refractivity (Wildman–Crippen MR) is 77.3 cm³/mol. The maximum Gasteiger partial charge on any atom is 0.304 e. The molecule has 0 atom stereocenters. The third kappa shape index (κ3) is 2.73. The van der Waals surface area contributed by atoms with Crippen molar-refractivity contribution in [2.24, 2.45) is 0 Å². The van der Waals surface area contributed by atoms with E-state index in [9.17, 15) is 4.79 Å². The summed E-state index contributed by atoms with van der Waals surface area (Å²) in [5.41, 5.74) is 2.13. The van der Waals surface area contributed by atoms with Crippen molar-refractivity contribution in [2.75, 3.05) is 13.4 Å². The Hall–Kier alpha value is -1.16. The fourth-order valence-corrected chi connectivity index (χ4v) is 3.33. The summed E-state index contributed by atoms with van der Waals surface area (Å²) < 4.78 is 5.49. The fourth-order valence-electron chi connectivity index (χ4n) is 2.63. The van der Waals surface area contributed by atoms with Crippen LogP contribution in [-0.4, -0.2) is 24.4 Å². The van der Waals surface area contributed by atoms with Gasteiger partial charge in [-0.15, -0.1) is 11.8 Å². The van der Waals surface area contributed by atoms with E-state index in [-0.39, 0.29) is 11.8 Å². The number of thioether (sulfide) groups is 1. The van der Waals surface area contributed by atoms with Crippen LogP contribution < -0.4 is 4.74 Å². The molecule has 104 valence electrons. The molecule has 19 heavy (non-hydrogen) atoms. The molecule has 0 bridgehead atoms. The van der Waals surface area contributed by atoms with Gasteiger partial charge in [0.2, 0.25) is 0 Å². The zero-order valence-corrected chi connectivity index (χ0v) is 12.5. The zero-order valence-electron chi connectivity index (χ0n) is 11.7. The monoisotopic (exact) mass is 280 g/mol. The first-order valence-corrected chi connectivity index (χ1v) is 7.76. The summed E-state index contributed by atoms with van der Waals surface area (Å²) in [6.07, 6.45) is 5.09. The number of aryl methyl sites for hydroxylation is 1. The van der Waals surface area contributed by atoms with Crippen molar-refractivity contribution < 1.29 is 14.6 Å². The normalized spacial score (nSPS) is 16.2. The minimum Gasteiger partial charge on any atom is -0.496 e. The lowest BCUT2D eigenvalue weighted by Crippen LogP contribution is -2.14. The SMILES string of the molecule is CCc1cc(OC)c(C2(CC(=O)O)CC2)cc1SC. The summed E-state index contributed by atoms with van der Waals surface area (Å²) in [5.74, 6) is 0.109. The molecule has 3 nitrogen and oxygen atoms in total. The number of aliphatic carboxylic acids is 1. The molecule has 1 saturated carbocycles. The van der Waals surface area contributed by atoms with Crippen LogP contribution in [0.15, 0.2) is 17.0 Å². The first-order valence-electron chi connectivity index (χ1n) is 6.53. The van der Waals surface area contributed by atoms with Gasteiger partial charge in [-0.2, -0.15) is 0 Å². The summed E-state index contributed by atoms with van der Waals surface area (Å²) in [5, 5.41) is 9.10. The number of carbonyl (C=O) groups is 1. The van der Waals surface area contributed by atoms with Crippen molar-refractivity contribution in [3.63, 3.8) is 0 Å². The van der Waals surface area contributed by atoms with Gasteiger partial charge in [-0.25, -0.2) is 0 Å². The second-order valence-electron chi connectivity index (χ2n) is 5.07. The molecule has 1 fully saturated rings. The number of methoxy groups -OCH3 is 1. The summed E-state index contributed by atoms with van der Waals surface area (Å²) in [6.45, 7) is 2.12. The highest BCUT2D eigenvalue weighted by Crippen LogP contribution is 2.54. The maximum absolute atomic E-state index is 11.1. The Labute approximate surface area is 118 Å². The Morgan fingerprint density at radius 3 is 2.58 bits per heavy atom. The lowest BCUT2D eigenvalue weighted by atomic mass is 9.90. The van der Waals surface area contributed by atoms with Crippen LogP contribution in [0.3, 0.4) is 0 Å². The van der Waals surface area contributed by atoms with Gasteiger partial charge in [0.1, 0.15) is 5.75 Å². The van der Waals surface area contributed by atoms with Crippen molar-refractivity contribution in [2.45, 2.75) is 42.9 Å². The highest BCUT2D eigenvalue weighted by atomic mass is 32.2. The van der Waals surface area contributed by atoms with Gasteiger partial charge in [0.05, 0.1) is 13.5 Å². The average Bonchev–Trinajstić information content (AvgIpc) is 3.16. The van der Waals surface area contributed by atoms with Crippen molar-refractivity contribution in [1.29, 1.82) is 0 Å². The molecule has 1 aromatic carbocycles. The van der Waals surface area contributed by atoms with Crippen molar-refractivity contribution >= 4 is 17.7 Å². The van der Waals surface area contributed by atoms with E-state index in [1.807, 2.05) is 0 Å². The van der Waals surface area contributed by atoms with Crippen molar-refractivity contribution in [3.05, 3.63) is 23.3 Å². The van der Waals surface area contributed by atoms with Crippen LogP contribution in [0, 0.1) is 0 Å².